The van der Waals surface area contributed by atoms with Crippen LogP contribution in [0.5, 0.6) is 0 Å². The fraction of sp³-hybridized carbons (Fsp3) is 0.656. The molecule has 0 heterocycles. The van der Waals surface area contributed by atoms with Gasteiger partial charge in [0.25, 0.3) is 0 Å². The third kappa shape index (κ3) is 28.3. The van der Waals surface area contributed by atoms with E-state index in [1.165, 1.54) is 70.6 Å². The number of allylic oxidation sites excluding steroid dienone is 10. The Morgan fingerprint density at radius 1 is 0.543 bits per heavy atom. The maximum atomic E-state index is 10.5. The summed E-state index contributed by atoms with van der Waals surface area (Å²) < 4.78 is 0. The summed E-state index contributed by atoms with van der Waals surface area (Å²) >= 11 is 0. The van der Waals surface area contributed by atoms with E-state index in [0.717, 1.165) is 44.9 Å². The highest BCUT2D eigenvalue weighted by Crippen LogP contribution is 2.12. The molecule has 0 aliphatic rings. The van der Waals surface area contributed by atoms with Crippen molar-refractivity contribution in [3.63, 3.8) is 0 Å². The minimum Gasteiger partial charge on any atom is -0.479 e. The fourth-order valence-corrected chi connectivity index (χ4v) is 3.79. The van der Waals surface area contributed by atoms with Crippen molar-refractivity contribution >= 4 is 5.97 Å². The largest absolute Gasteiger partial charge is 0.479 e. The Morgan fingerprint density at radius 2 is 0.886 bits per heavy atom. The normalized spacial score (nSPS) is 13.4. The van der Waals surface area contributed by atoms with Crippen molar-refractivity contribution in [3.05, 3.63) is 60.8 Å². The third-order valence-corrected chi connectivity index (χ3v) is 6.03. The quantitative estimate of drug-likeness (QED) is 0.0997. The lowest BCUT2D eigenvalue weighted by atomic mass is 10.0. The summed E-state index contributed by atoms with van der Waals surface area (Å²) in [6.07, 6.45) is 43.0. The number of carboxylic acid groups (broad SMARTS) is 1. The number of rotatable bonds is 25. The van der Waals surface area contributed by atoms with Gasteiger partial charge in [0.05, 0.1) is 0 Å². The molecule has 0 aliphatic carbocycles. The van der Waals surface area contributed by atoms with E-state index in [2.05, 4.69) is 67.7 Å². The average molecular weight is 487 g/mol. The van der Waals surface area contributed by atoms with Crippen LogP contribution in [0.25, 0.3) is 0 Å². The van der Waals surface area contributed by atoms with Crippen LogP contribution in [0.15, 0.2) is 60.8 Å². The van der Waals surface area contributed by atoms with Gasteiger partial charge in [0.15, 0.2) is 6.10 Å². The Labute approximate surface area is 216 Å². The summed E-state index contributed by atoms with van der Waals surface area (Å²) in [5, 5.41) is 17.8. The molecule has 0 saturated heterocycles. The van der Waals surface area contributed by atoms with Gasteiger partial charge < -0.3 is 10.2 Å². The minimum atomic E-state index is -1.18. The molecule has 0 amide bonds. The molecule has 35 heavy (non-hydrogen) atoms. The topological polar surface area (TPSA) is 57.5 Å². The van der Waals surface area contributed by atoms with Crippen molar-refractivity contribution < 1.29 is 15.0 Å². The highest BCUT2D eigenvalue weighted by molar-refractivity contribution is 5.71. The molecule has 0 bridgehead atoms. The van der Waals surface area contributed by atoms with Crippen molar-refractivity contribution in [3.8, 4) is 0 Å². The molecule has 0 aliphatic heterocycles. The van der Waals surface area contributed by atoms with Gasteiger partial charge in [0.2, 0.25) is 0 Å². The number of aliphatic carboxylic acids is 1. The second-order valence-electron chi connectivity index (χ2n) is 9.41. The molecule has 0 aromatic rings. The minimum absolute atomic E-state index is 0.380. The summed E-state index contributed by atoms with van der Waals surface area (Å²) in [7, 11) is 0. The fourth-order valence-electron chi connectivity index (χ4n) is 3.79. The number of carbonyl (C=O) groups is 1. The van der Waals surface area contributed by atoms with Crippen LogP contribution in [0.4, 0.5) is 0 Å². The lowest BCUT2D eigenvalue weighted by Gasteiger charge is -2.05. The van der Waals surface area contributed by atoms with E-state index in [9.17, 15) is 9.90 Å². The van der Waals surface area contributed by atoms with Gasteiger partial charge in [-0.05, 0) is 57.8 Å². The molecule has 1 unspecified atom stereocenters. The Balaban J connectivity index is 3.37. The lowest BCUT2D eigenvalue weighted by Crippen LogP contribution is -2.18. The predicted molar refractivity (Wildman–Crippen MR) is 153 cm³/mol. The molecule has 0 saturated carbocycles. The maximum absolute atomic E-state index is 10.5. The molecule has 2 N–H and O–H groups in total. The van der Waals surface area contributed by atoms with Crippen molar-refractivity contribution in [1.29, 1.82) is 0 Å². The van der Waals surface area contributed by atoms with E-state index in [-0.39, 0.29) is 0 Å². The van der Waals surface area contributed by atoms with Crippen LogP contribution in [0, 0.1) is 0 Å². The Bertz CT molecular complexity index is 598. The second kappa shape index (κ2) is 28.4. The number of unbranched alkanes of at least 4 members (excludes halogenated alkanes) is 12. The van der Waals surface area contributed by atoms with Crippen LogP contribution in [-0.4, -0.2) is 22.3 Å². The molecular formula is C32H54O3. The molecule has 0 aromatic carbocycles. The molecule has 0 aromatic heterocycles. The molecule has 3 nitrogen and oxygen atoms in total. The summed E-state index contributed by atoms with van der Waals surface area (Å²) in [6.45, 7) is 2.25. The smallest absolute Gasteiger partial charge is 0.332 e. The van der Waals surface area contributed by atoms with Gasteiger partial charge in [-0.1, -0.05) is 132 Å². The van der Waals surface area contributed by atoms with Crippen LogP contribution >= 0.6 is 0 Å². The maximum Gasteiger partial charge on any atom is 0.332 e. The molecule has 0 spiro atoms. The summed E-state index contributed by atoms with van der Waals surface area (Å²) in [6, 6.07) is 0. The van der Waals surface area contributed by atoms with Gasteiger partial charge in [0.1, 0.15) is 0 Å². The van der Waals surface area contributed by atoms with E-state index < -0.39 is 12.1 Å². The Kier molecular flexibility index (Phi) is 26.9. The number of hydrogen-bond donors (Lipinski definition) is 2. The van der Waals surface area contributed by atoms with Gasteiger partial charge >= 0.3 is 5.97 Å². The number of aliphatic hydroxyl groups is 1. The first-order valence-electron chi connectivity index (χ1n) is 14.3. The zero-order chi connectivity index (χ0) is 25.7. The Morgan fingerprint density at radius 3 is 1.29 bits per heavy atom. The van der Waals surface area contributed by atoms with Crippen LogP contribution in [-0.2, 0) is 4.79 Å². The van der Waals surface area contributed by atoms with Gasteiger partial charge in [-0.25, -0.2) is 4.79 Å². The van der Waals surface area contributed by atoms with Crippen molar-refractivity contribution in [2.24, 2.45) is 0 Å². The molecular weight excluding hydrogens is 432 g/mol. The highest BCUT2D eigenvalue weighted by Gasteiger charge is 2.11. The Hall–Kier alpha value is -1.87. The van der Waals surface area contributed by atoms with E-state index >= 15 is 0 Å². The van der Waals surface area contributed by atoms with E-state index in [4.69, 9.17) is 5.11 Å². The monoisotopic (exact) mass is 486 g/mol. The zero-order valence-corrected chi connectivity index (χ0v) is 22.6. The summed E-state index contributed by atoms with van der Waals surface area (Å²) in [5.41, 5.74) is 0. The van der Waals surface area contributed by atoms with Gasteiger partial charge in [-0.15, -0.1) is 0 Å². The first-order chi connectivity index (χ1) is 17.2. The van der Waals surface area contributed by atoms with Gasteiger partial charge in [0, 0.05) is 0 Å². The third-order valence-electron chi connectivity index (χ3n) is 6.03. The average Bonchev–Trinajstić information content (AvgIpc) is 2.85. The summed E-state index contributed by atoms with van der Waals surface area (Å²) in [5.74, 6) is -1.10. The van der Waals surface area contributed by atoms with E-state index in [0.29, 0.717) is 6.42 Å². The van der Waals surface area contributed by atoms with Crippen molar-refractivity contribution in [2.45, 2.75) is 135 Å². The lowest BCUT2D eigenvalue weighted by molar-refractivity contribution is -0.146. The molecule has 0 fully saturated rings. The van der Waals surface area contributed by atoms with Crippen molar-refractivity contribution in [1.82, 2.24) is 0 Å². The molecule has 0 radical (unpaired) electrons. The predicted octanol–water partition coefficient (Wildman–Crippen LogP) is 9.64. The second-order valence-corrected chi connectivity index (χ2v) is 9.41. The van der Waals surface area contributed by atoms with E-state index in [1.807, 2.05) is 0 Å². The van der Waals surface area contributed by atoms with Crippen LogP contribution < -0.4 is 0 Å². The molecule has 3 heteroatoms. The number of hydrogen-bond acceptors (Lipinski definition) is 2. The zero-order valence-electron chi connectivity index (χ0n) is 22.6. The van der Waals surface area contributed by atoms with Crippen LogP contribution in [0.3, 0.4) is 0 Å². The molecule has 200 valence electrons. The van der Waals surface area contributed by atoms with Gasteiger partial charge in [-0.2, -0.15) is 0 Å². The van der Waals surface area contributed by atoms with Crippen LogP contribution in [0.2, 0.25) is 0 Å². The van der Waals surface area contributed by atoms with E-state index in [1.54, 1.807) is 0 Å². The summed E-state index contributed by atoms with van der Waals surface area (Å²) in [4.78, 5) is 10.5. The number of aliphatic hydroxyl groups excluding tert-OH is 1. The number of carboxylic acids is 1. The molecule has 1 atom stereocenters. The first-order valence-corrected chi connectivity index (χ1v) is 14.3. The SMILES string of the molecule is CCCCC/C=C\C/C=C\C/C=C\C/C=C\C/C=C\CCCCCCCCCCCC(O)C(=O)O. The highest BCUT2D eigenvalue weighted by atomic mass is 16.4. The molecule has 0 rings (SSSR count). The van der Waals surface area contributed by atoms with Crippen LogP contribution in [0.1, 0.15) is 129 Å². The first kappa shape index (κ1) is 33.1. The van der Waals surface area contributed by atoms with Gasteiger partial charge in [-0.3, -0.25) is 0 Å². The van der Waals surface area contributed by atoms with Crippen molar-refractivity contribution in [2.75, 3.05) is 0 Å². The standard InChI is InChI=1S/C32H54O3/c1-2-3-4-5-6-7-8-9-10-11-12-13-14-15-16-17-18-19-20-21-22-23-24-25-26-27-28-29-30-31(33)32(34)35/h6-7,9-10,12-13,15-16,18-19,31,33H,2-5,8,11,14,17,20-30H2,1H3,(H,34,35)/b7-6-,10-9-,13-12-,16-15-,19-18-.